The molecule has 0 rings (SSSR count). The first kappa shape index (κ1) is 98.4. The van der Waals surface area contributed by atoms with E-state index in [1.807, 2.05) is 18.2 Å². The maximum Gasteiger partial charge on any atom is 0.472 e. The van der Waals surface area contributed by atoms with Crippen LogP contribution in [0.4, 0.5) is 0 Å². The molecule has 0 aliphatic heterocycles. The zero-order valence-electron chi connectivity index (χ0n) is 64.4. The molecule has 0 aliphatic rings. The Hall–Kier alpha value is -5.58. The standard InChI is InChI=1S/C85H138O17P2/c1-5-9-13-17-21-25-29-33-37-38-39-40-44-46-50-54-58-62-66-70-83(88)96-76-81(102-85(90)72-68-64-60-56-52-48-43-36-32-28-24-20-16-12-8-4)78-100-104(93,94)98-74-79(86)73-97-103(91,92)99-77-80(101-84(89)71-67-63-59-55-51-47-42-35-31-27-23-19-15-11-7-3)75-95-82(87)69-65-61-57-53-49-45-41-34-30-26-22-18-14-10-6-2/h10,12,14,16,21-28,33-37,39-43,49,52-53,56,61,65,79-81,86H,5-9,11,13,15,17-20,29-32,38,44-48,50-51,54-55,57-60,62-64,66-78H2,1-4H3,(H,91,92)(H,93,94)/b14-10-,16-12-,25-21-,26-22-,27-23-,28-24-,37-33-,40-39-,41-34-,42-35-,43-36-,53-49-,56-52-,65-61-. The van der Waals surface area contributed by atoms with Gasteiger partial charge in [-0.25, -0.2) is 9.13 Å². The molecular formula is C85H138O17P2. The number of aliphatic hydroxyl groups excluding tert-OH is 1. The molecule has 0 aromatic heterocycles. The highest BCUT2D eigenvalue weighted by atomic mass is 31.2. The summed E-state index contributed by atoms with van der Waals surface area (Å²) < 4.78 is 68.4. The number of carbonyl (C=O) groups is 4. The Morgan fingerprint density at radius 2 is 0.538 bits per heavy atom. The van der Waals surface area contributed by atoms with Gasteiger partial charge in [0.2, 0.25) is 0 Å². The minimum Gasteiger partial charge on any atom is -0.462 e. The van der Waals surface area contributed by atoms with Crippen molar-refractivity contribution >= 4 is 39.5 Å². The first-order valence-electron chi connectivity index (χ1n) is 39.4. The van der Waals surface area contributed by atoms with Crippen LogP contribution in [0.2, 0.25) is 0 Å². The third-order valence-corrected chi connectivity index (χ3v) is 17.6. The second kappa shape index (κ2) is 75.6. The molecule has 5 unspecified atom stereocenters. The van der Waals surface area contributed by atoms with Gasteiger partial charge in [0.25, 0.3) is 0 Å². The van der Waals surface area contributed by atoms with Crippen LogP contribution in [0.1, 0.15) is 285 Å². The van der Waals surface area contributed by atoms with E-state index in [9.17, 15) is 43.2 Å². The Balaban J connectivity index is 5.49. The number of ether oxygens (including phenoxy) is 4. The normalized spacial score (nSPS) is 14.8. The molecule has 0 aromatic carbocycles. The first-order chi connectivity index (χ1) is 50.7. The smallest absolute Gasteiger partial charge is 0.462 e. The van der Waals surface area contributed by atoms with E-state index >= 15 is 0 Å². The van der Waals surface area contributed by atoms with Crippen molar-refractivity contribution in [2.24, 2.45) is 0 Å². The van der Waals surface area contributed by atoms with Gasteiger partial charge in [0.1, 0.15) is 19.3 Å². The fourth-order valence-electron chi connectivity index (χ4n) is 9.73. The summed E-state index contributed by atoms with van der Waals surface area (Å²) in [6, 6.07) is 0. The summed E-state index contributed by atoms with van der Waals surface area (Å²) in [5.41, 5.74) is 0. The summed E-state index contributed by atoms with van der Waals surface area (Å²) in [5.74, 6) is -2.41. The van der Waals surface area contributed by atoms with Crippen molar-refractivity contribution in [3.8, 4) is 0 Å². The average molecular weight is 1490 g/mol. The third kappa shape index (κ3) is 74.7. The van der Waals surface area contributed by atoms with Gasteiger partial charge in [0.05, 0.1) is 32.8 Å². The van der Waals surface area contributed by atoms with Crippen molar-refractivity contribution < 1.29 is 80.2 Å². The topological polar surface area (TPSA) is 237 Å². The van der Waals surface area contributed by atoms with E-state index in [0.717, 1.165) is 161 Å². The molecule has 0 saturated carbocycles. The zero-order chi connectivity index (χ0) is 76.0. The molecule has 17 nitrogen and oxygen atoms in total. The highest BCUT2D eigenvalue weighted by Gasteiger charge is 2.30. The van der Waals surface area contributed by atoms with Crippen LogP contribution in [0.25, 0.3) is 0 Å². The van der Waals surface area contributed by atoms with E-state index in [4.69, 9.17) is 37.0 Å². The maximum atomic E-state index is 13.1. The molecule has 19 heteroatoms. The van der Waals surface area contributed by atoms with Crippen LogP contribution in [0, 0.1) is 0 Å². The van der Waals surface area contributed by atoms with Crippen LogP contribution in [0.5, 0.6) is 0 Å². The molecule has 0 bridgehead atoms. The number of phosphoric ester groups is 2. The fraction of sp³-hybridized carbons (Fsp3) is 0.624. The number of hydrogen-bond acceptors (Lipinski definition) is 15. The van der Waals surface area contributed by atoms with E-state index in [0.29, 0.717) is 32.1 Å². The monoisotopic (exact) mass is 1490 g/mol. The van der Waals surface area contributed by atoms with Crippen LogP contribution >= 0.6 is 15.6 Å². The summed E-state index contributed by atoms with van der Waals surface area (Å²) >= 11 is 0. The van der Waals surface area contributed by atoms with E-state index in [1.165, 1.54) is 38.5 Å². The highest BCUT2D eigenvalue weighted by molar-refractivity contribution is 7.47. The lowest BCUT2D eigenvalue weighted by Crippen LogP contribution is -2.30. The Morgan fingerprint density at radius 1 is 0.288 bits per heavy atom. The van der Waals surface area contributed by atoms with Gasteiger partial charge in [0, 0.05) is 19.3 Å². The van der Waals surface area contributed by atoms with Crippen LogP contribution in [0.15, 0.2) is 170 Å². The lowest BCUT2D eigenvalue weighted by atomic mass is 10.1. The summed E-state index contributed by atoms with van der Waals surface area (Å²) in [5, 5.41) is 10.6. The number of unbranched alkanes of at least 4 members (excludes halogenated alkanes) is 19. The lowest BCUT2D eigenvalue weighted by Gasteiger charge is -2.21. The van der Waals surface area contributed by atoms with E-state index in [1.54, 1.807) is 6.08 Å². The zero-order valence-corrected chi connectivity index (χ0v) is 66.2. The van der Waals surface area contributed by atoms with Crippen LogP contribution in [-0.4, -0.2) is 96.7 Å². The first-order valence-corrected chi connectivity index (χ1v) is 42.4. The molecule has 0 heterocycles. The molecule has 5 atom stereocenters. The van der Waals surface area contributed by atoms with Crippen LogP contribution in [0.3, 0.4) is 0 Å². The van der Waals surface area contributed by atoms with E-state index in [-0.39, 0.29) is 25.7 Å². The third-order valence-electron chi connectivity index (χ3n) is 15.7. The summed E-state index contributed by atoms with van der Waals surface area (Å²) in [6.45, 7) is 4.38. The van der Waals surface area contributed by atoms with Gasteiger partial charge in [-0.1, -0.05) is 268 Å². The maximum absolute atomic E-state index is 13.1. The highest BCUT2D eigenvalue weighted by Crippen LogP contribution is 2.45. The quantitative estimate of drug-likeness (QED) is 0.0169. The largest absolute Gasteiger partial charge is 0.472 e. The molecule has 590 valence electrons. The Labute approximate surface area is 629 Å². The molecule has 0 fully saturated rings. The molecule has 0 radical (unpaired) electrons. The Bertz CT molecular complexity index is 2640. The van der Waals surface area contributed by atoms with Gasteiger partial charge in [-0.3, -0.25) is 37.3 Å². The van der Waals surface area contributed by atoms with Crippen molar-refractivity contribution in [2.45, 2.75) is 303 Å². The van der Waals surface area contributed by atoms with Crippen LogP contribution in [-0.2, 0) is 65.4 Å². The van der Waals surface area contributed by atoms with Crippen molar-refractivity contribution in [3.63, 3.8) is 0 Å². The minimum atomic E-state index is -5.01. The molecular weight excluding hydrogens is 1350 g/mol. The molecule has 0 aromatic rings. The van der Waals surface area contributed by atoms with Crippen molar-refractivity contribution in [3.05, 3.63) is 170 Å². The molecule has 3 N–H and O–H groups in total. The predicted molar refractivity (Wildman–Crippen MR) is 426 cm³/mol. The SMILES string of the molecule is CC/C=C\C/C=C\C/C=C\C/C=C\C/C=C\CC(=O)OCC(COP(=O)(O)OCC(O)COP(=O)(O)OCC(COC(=O)CCCCCCCC/C=C\C/C=C\C/C=C\CCCCC)OC(=O)CCCC/C=C\C/C=C\C/C=C\C/C=C\CC)OC(=O)CCCCCCC/C=C\C/C=C\CCCCC. The van der Waals surface area contributed by atoms with Gasteiger partial charge in [0.15, 0.2) is 12.2 Å². The van der Waals surface area contributed by atoms with Gasteiger partial charge in [-0.15, -0.1) is 0 Å². The molecule has 104 heavy (non-hydrogen) atoms. The molecule has 0 spiro atoms. The van der Waals surface area contributed by atoms with Crippen molar-refractivity contribution in [1.29, 1.82) is 0 Å². The van der Waals surface area contributed by atoms with E-state index in [2.05, 4.69) is 174 Å². The Morgan fingerprint density at radius 3 is 0.875 bits per heavy atom. The van der Waals surface area contributed by atoms with Gasteiger partial charge in [-0.2, -0.15) is 0 Å². The summed E-state index contributed by atoms with van der Waals surface area (Å²) in [4.78, 5) is 72.9. The molecule has 0 amide bonds. The van der Waals surface area contributed by atoms with Crippen LogP contribution < -0.4 is 0 Å². The van der Waals surface area contributed by atoms with Gasteiger partial charge in [-0.05, 0) is 161 Å². The van der Waals surface area contributed by atoms with Gasteiger partial charge < -0.3 is 33.8 Å². The fourth-order valence-corrected chi connectivity index (χ4v) is 11.3. The number of aliphatic hydroxyl groups is 1. The Kier molecular flexibility index (Phi) is 71.6. The number of phosphoric acid groups is 2. The van der Waals surface area contributed by atoms with E-state index < -0.39 is 97.5 Å². The van der Waals surface area contributed by atoms with Gasteiger partial charge >= 0.3 is 39.5 Å². The second-order valence-electron chi connectivity index (χ2n) is 25.5. The average Bonchev–Trinajstić information content (AvgIpc) is 0.912. The number of rotatable bonds is 72. The number of allylic oxidation sites excluding steroid dienone is 27. The number of carbonyl (C=O) groups excluding carboxylic acids is 4. The molecule has 0 aliphatic carbocycles. The predicted octanol–water partition coefficient (Wildman–Crippen LogP) is 23.0. The summed E-state index contributed by atoms with van der Waals surface area (Å²) in [7, 11) is -10.0. The molecule has 0 saturated heterocycles. The lowest BCUT2D eigenvalue weighted by molar-refractivity contribution is -0.161. The minimum absolute atomic E-state index is 0.0313. The van der Waals surface area contributed by atoms with Crippen molar-refractivity contribution in [1.82, 2.24) is 0 Å². The number of hydrogen-bond donors (Lipinski definition) is 3. The second-order valence-corrected chi connectivity index (χ2v) is 28.5. The summed E-state index contributed by atoms with van der Waals surface area (Å²) in [6.07, 6.45) is 89.4. The number of esters is 4. The van der Waals surface area contributed by atoms with Crippen molar-refractivity contribution in [2.75, 3.05) is 39.6 Å².